The molecule has 0 radical (unpaired) electrons. The molecule has 0 saturated heterocycles. The lowest BCUT2D eigenvalue weighted by atomic mass is 10.2. The van der Waals surface area contributed by atoms with Crippen LogP contribution in [0.15, 0.2) is 41.8 Å². The molecule has 2 N–H and O–H groups in total. The second-order valence-electron chi connectivity index (χ2n) is 5.43. The lowest BCUT2D eigenvalue weighted by molar-refractivity contribution is 0.0999. The zero-order valence-electron chi connectivity index (χ0n) is 13.2. The first kappa shape index (κ1) is 16.0. The number of hydrogen-bond acceptors (Lipinski definition) is 4. The van der Waals surface area contributed by atoms with Gasteiger partial charge in [-0.2, -0.15) is 5.26 Å². The molecule has 3 rings (SSSR count). The van der Waals surface area contributed by atoms with Crippen LogP contribution in [0.4, 0.5) is 0 Å². The Morgan fingerprint density at radius 3 is 2.79 bits per heavy atom. The van der Waals surface area contributed by atoms with Crippen molar-refractivity contribution in [3.63, 3.8) is 0 Å². The van der Waals surface area contributed by atoms with Gasteiger partial charge in [-0.15, -0.1) is 11.3 Å². The predicted octanol–water partition coefficient (Wildman–Crippen LogP) is 3.13. The molecule has 2 heterocycles. The van der Waals surface area contributed by atoms with Gasteiger partial charge in [0.1, 0.15) is 5.01 Å². The molecule has 0 bridgehead atoms. The molecule has 1 aromatic carbocycles. The molecule has 120 valence electrons. The second-order valence-corrected chi connectivity index (χ2v) is 6.37. The van der Waals surface area contributed by atoms with E-state index in [0.717, 1.165) is 27.7 Å². The van der Waals surface area contributed by atoms with Crippen LogP contribution in [0.5, 0.6) is 0 Å². The number of nitriles is 1. The molecule has 0 aliphatic heterocycles. The number of hydrogen-bond donors (Lipinski definition) is 1. The van der Waals surface area contributed by atoms with Crippen LogP contribution in [0.3, 0.4) is 0 Å². The standard InChI is InChI=1S/C18H16N4OS/c1-12-14(18(20)23)9-16(15-11-24-17(21-15)7-8-19)22(12)10-13-5-3-2-4-6-13/h2-6,9,11H,7,10H2,1H3,(H2,20,23). The van der Waals surface area contributed by atoms with Crippen LogP contribution in [0.2, 0.25) is 0 Å². The Labute approximate surface area is 144 Å². The topological polar surface area (TPSA) is 84.7 Å². The average molecular weight is 336 g/mol. The Bertz CT molecular complexity index is 918. The van der Waals surface area contributed by atoms with Crippen LogP contribution in [-0.2, 0) is 13.0 Å². The van der Waals surface area contributed by atoms with Crippen LogP contribution in [0.1, 0.15) is 26.6 Å². The van der Waals surface area contributed by atoms with E-state index in [0.29, 0.717) is 12.1 Å². The number of amides is 1. The fourth-order valence-corrected chi connectivity index (χ4v) is 3.37. The van der Waals surface area contributed by atoms with Crippen molar-refractivity contribution in [3.8, 4) is 17.5 Å². The van der Waals surface area contributed by atoms with E-state index in [1.807, 2.05) is 47.2 Å². The van der Waals surface area contributed by atoms with Gasteiger partial charge in [-0.1, -0.05) is 30.3 Å². The Balaban J connectivity index is 2.08. The van der Waals surface area contributed by atoms with Crippen molar-refractivity contribution in [2.75, 3.05) is 0 Å². The number of aromatic nitrogens is 2. The minimum absolute atomic E-state index is 0.283. The maximum Gasteiger partial charge on any atom is 0.250 e. The summed E-state index contributed by atoms with van der Waals surface area (Å²) in [5.74, 6) is -0.451. The Morgan fingerprint density at radius 1 is 1.38 bits per heavy atom. The Hall–Kier alpha value is -2.91. The Morgan fingerprint density at radius 2 is 2.12 bits per heavy atom. The molecular formula is C18H16N4OS. The van der Waals surface area contributed by atoms with Crippen molar-refractivity contribution in [2.24, 2.45) is 5.73 Å². The summed E-state index contributed by atoms with van der Waals surface area (Å²) in [6.07, 6.45) is 0.283. The highest BCUT2D eigenvalue weighted by Gasteiger charge is 2.18. The van der Waals surface area contributed by atoms with Gasteiger partial charge in [-0.25, -0.2) is 4.98 Å². The maximum atomic E-state index is 11.7. The summed E-state index contributed by atoms with van der Waals surface area (Å²) >= 11 is 1.44. The lowest BCUT2D eigenvalue weighted by Gasteiger charge is -2.11. The van der Waals surface area contributed by atoms with Gasteiger partial charge in [0.15, 0.2) is 0 Å². The summed E-state index contributed by atoms with van der Waals surface area (Å²) in [5, 5.41) is 11.5. The van der Waals surface area contributed by atoms with E-state index in [1.54, 1.807) is 6.07 Å². The monoisotopic (exact) mass is 336 g/mol. The molecule has 2 aromatic heterocycles. The summed E-state index contributed by atoms with van der Waals surface area (Å²) in [4.78, 5) is 16.2. The molecule has 6 heteroatoms. The van der Waals surface area contributed by atoms with E-state index < -0.39 is 5.91 Å². The van der Waals surface area contributed by atoms with E-state index in [2.05, 4.69) is 11.1 Å². The molecule has 3 aromatic rings. The van der Waals surface area contributed by atoms with Gasteiger partial charge in [0.05, 0.1) is 29.4 Å². The Kier molecular flexibility index (Phi) is 4.45. The van der Waals surface area contributed by atoms with Crippen LogP contribution in [0, 0.1) is 18.3 Å². The molecular weight excluding hydrogens is 320 g/mol. The smallest absolute Gasteiger partial charge is 0.250 e. The first-order chi connectivity index (χ1) is 11.6. The third-order valence-electron chi connectivity index (χ3n) is 3.86. The number of primary amides is 1. The van der Waals surface area contributed by atoms with Gasteiger partial charge in [0, 0.05) is 17.6 Å². The maximum absolute atomic E-state index is 11.7. The van der Waals surface area contributed by atoms with E-state index >= 15 is 0 Å². The quantitative estimate of drug-likeness (QED) is 0.777. The van der Waals surface area contributed by atoms with Crippen LogP contribution < -0.4 is 5.73 Å². The molecule has 5 nitrogen and oxygen atoms in total. The van der Waals surface area contributed by atoms with E-state index in [4.69, 9.17) is 11.0 Å². The predicted molar refractivity (Wildman–Crippen MR) is 93.7 cm³/mol. The van der Waals surface area contributed by atoms with Gasteiger partial charge in [0.2, 0.25) is 0 Å². The molecule has 24 heavy (non-hydrogen) atoms. The van der Waals surface area contributed by atoms with Crippen molar-refractivity contribution in [2.45, 2.75) is 19.9 Å². The first-order valence-electron chi connectivity index (χ1n) is 7.45. The molecule has 0 saturated carbocycles. The van der Waals surface area contributed by atoms with E-state index in [-0.39, 0.29) is 6.42 Å². The number of nitrogens with two attached hydrogens (primary N) is 1. The van der Waals surface area contributed by atoms with Crippen LogP contribution in [-0.4, -0.2) is 15.5 Å². The first-order valence-corrected chi connectivity index (χ1v) is 8.33. The van der Waals surface area contributed by atoms with E-state index in [9.17, 15) is 4.79 Å². The second kappa shape index (κ2) is 6.69. The minimum atomic E-state index is -0.451. The molecule has 0 aliphatic rings. The van der Waals surface area contributed by atoms with Gasteiger partial charge in [-0.3, -0.25) is 4.79 Å². The molecule has 0 spiro atoms. The number of rotatable bonds is 5. The number of nitrogens with zero attached hydrogens (tertiary/aromatic N) is 3. The van der Waals surface area contributed by atoms with Gasteiger partial charge >= 0.3 is 0 Å². The normalized spacial score (nSPS) is 10.5. The fourth-order valence-electron chi connectivity index (χ4n) is 2.65. The average Bonchev–Trinajstić information content (AvgIpc) is 3.15. The third-order valence-corrected chi connectivity index (χ3v) is 4.71. The van der Waals surface area contributed by atoms with E-state index in [1.165, 1.54) is 11.3 Å². The summed E-state index contributed by atoms with van der Waals surface area (Å²) in [5.41, 5.74) is 9.55. The number of carbonyl (C=O) groups is 1. The summed E-state index contributed by atoms with van der Waals surface area (Å²) in [6, 6.07) is 13.9. The summed E-state index contributed by atoms with van der Waals surface area (Å²) in [7, 11) is 0. The number of thiazole rings is 1. The number of carbonyl (C=O) groups excluding carboxylic acids is 1. The summed E-state index contributed by atoms with van der Waals surface area (Å²) in [6.45, 7) is 2.51. The highest BCUT2D eigenvalue weighted by atomic mass is 32.1. The molecule has 1 amide bonds. The largest absolute Gasteiger partial charge is 0.366 e. The van der Waals surface area contributed by atoms with Gasteiger partial charge < -0.3 is 10.3 Å². The zero-order chi connectivity index (χ0) is 17.1. The molecule has 0 aliphatic carbocycles. The summed E-state index contributed by atoms with van der Waals surface area (Å²) < 4.78 is 2.04. The van der Waals surface area contributed by atoms with Gasteiger partial charge in [-0.05, 0) is 18.6 Å². The molecule has 0 atom stereocenters. The molecule has 0 unspecified atom stereocenters. The SMILES string of the molecule is Cc1c(C(N)=O)cc(-c2csc(CC#N)n2)n1Cc1ccccc1. The minimum Gasteiger partial charge on any atom is -0.366 e. The lowest BCUT2D eigenvalue weighted by Crippen LogP contribution is -2.12. The third kappa shape index (κ3) is 3.07. The van der Waals surface area contributed by atoms with Crippen molar-refractivity contribution in [1.82, 2.24) is 9.55 Å². The van der Waals surface area contributed by atoms with Crippen molar-refractivity contribution < 1.29 is 4.79 Å². The van der Waals surface area contributed by atoms with Gasteiger partial charge in [0.25, 0.3) is 5.91 Å². The molecule has 0 fully saturated rings. The van der Waals surface area contributed by atoms with Crippen molar-refractivity contribution >= 4 is 17.2 Å². The highest BCUT2D eigenvalue weighted by molar-refractivity contribution is 7.10. The highest BCUT2D eigenvalue weighted by Crippen LogP contribution is 2.28. The van der Waals surface area contributed by atoms with Crippen LogP contribution >= 0.6 is 11.3 Å². The number of benzene rings is 1. The van der Waals surface area contributed by atoms with Crippen molar-refractivity contribution in [1.29, 1.82) is 5.26 Å². The fraction of sp³-hybridized carbons (Fsp3) is 0.167. The zero-order valence-corrected chi connectivity index (χ0v) is 14.0. The van der Waals surface area contributed by atoms with Crippen molar-refractivity contribution in [3.05, 3.63) is 63.6 Å². The van der Waals surface area contributed by atoms with Crippen LogP contribution in [0.25, 0.3) is 11.4 Å².